The van der Waals surface area contributed by atoms with Crippen molar-refractivity contribution in [3.05, 3.63) is 46.6 Å². The summed E-state index contributed by atoms with van der Waals surface area (Å²) in [6.07, 6.45) is 13.7. The Balaban J connectivity index is 4.38. The third-order valence-electron chi connectivity index (χ3n) is 5.42. The number of aliphatic hydroxyl groups is 2. The number of aliphatic hydroxyl groups excluding tert-OH is 2. The van der Waals surface area contributed by atoms with Crippen LogP contribution >= 0.6 is 0 Å². The van der Waals surface area contributed by atoms with Gasteiger partial charge in [0, 0.05) is 12.0 Å². The number of ketones is 1. The van der Waals surface area contributed by atoms with Crippen molar-refractivity contribution in [1.29, 1.82) is 0 Å². The molecular weight excluding hydrogens is 402 g/mol. The highest BCUT2D eigenvalue weighted by Crippen LogP contribution is 2.15. The summed E-state index contributed by atoms with van der Waals surface area (Å²) in [4.78, 5) is 24.4. The minimum absolute atomic E-state index is 0.243. The average Bonchev–Trinajstić information content (AvgIpc) is 2.66. The highest BCUT2D eigenvalue weighted by Gasteiger charge is 2.23. The van der Waals surface area contributed by atoms with Crippen LogP contribution in [-0.2, 0) is 9.59 Å². The van der Waals surface area contributed by atoms with Gasteiger partial charge in [0.25, 0.3) is 5.91 Å². The van der Waals surface area contributed by atoms with Crippen molar-refractivity contribution in [3.63, 3.8) is 0 Å². The standard InChI is InChI=1S/C27H45NO4/c1-20(13-9-15-22(3)17-11-19-24(5)29)12-8-14-21(2)16-10-18-23(4)27(32)28(25(6)30)26(7)31/h13-14,17-18,25-26,30-31H,8-12,15-16,19H2,1-7H3. The van der Waals surface area contributed by atoms with Gasteiger partial charge in [0.2, 0.25) is 0 Å². The molecule has 5 nitrogen and oxygen atoms in total. The second-order valence-corrected chi connectivity index (χ2v) is 8.87. The smallest absolute Gasteiger partial charge is 0.253 e. The normalized spacial score (nSPS) is 15.5. The number of nitrogens with zero attached hydrogens (tertiary/aromatic N) is 1. The Bertz CT molecular complexity index is 703. The lowest BCUT2D eigenvalue weighted by Crippen LogP contribution is -2.45. The fraction of sp³-hybridized carbons (Fsp3) is 0.630. The van der Waals surface area contributed by atoms with Crippen molar-refractivity contribution in [2.24, 2.45) is 0 Å². The van der Waals surface area contributed by atoms with Crippen LogP contribution < -0.4 is 0 Å². The molecule has 0 aromatic carbocycles. The number of carbonyl (C=O) groups excluding carboxylic acids is 2. The van der Waals surface area contributed by atoms with Crippen LogP contribution in [0.3, 0.4) is 0 Å². The maximum Gasteiger partial charge on any atom is 0.253 e. The number of hydrogen-bond donors (Lipinski definition) is 2. The van der Waals surface area contributed by atoms with Gasteiger partial charge < -0.3 is 15.0 Å². The van der Waals surface area contributed by atoms with Crippen LogP contribution in [0.2, 0.25) is 0 Å². The number of rotatable bonds is 15. The van der Waals surface area contributed by atoms with Gasteiger partial charge in [-0.05, 0) is 93.4 Å². The zero-order valence-electron chi connectivity index (χ0n) is 21.3. The number of carbonyl (C=O) groups is 2. The van der Waals surface area contributed by atoms with Crippen LogP contribution in [0.4, 0.5) is 0 Å². The third kappa shape index (κ3) is 14.2. The van der Waals surface area contributed by atoms with Gasteiger partial charge in [0.05, 0.1) is 0 Å². The number of allylic oxidation sites excluding steroid dienone is 7. The molecule has 5 heteroatoms. The molecule has 0 rings (SSSR count). The lowest BCUT2D eigenvalue weighted by atomic mass is 10.0. The summed E-state index contributed by atoms with van der Waals surface area (Å²) < 4.78 is 0. The summed E-state index contributed by atoms with van der Waals surface area (Å²) in [5, 5.41) is 19.4. The molecule has 0 aliphatic rings. The number of hydrogen-bond acceptors (Lipinski definition) is 4. The van der Waals surface area contributed by atoms with E-state index in [1.165, 1.54) is 30.6 Å². The van der Waals surface area contributed by atoms with Crippen molar-refractivity contribution < 1.29 is 19.8 Å². The molecule has 0 bridgehead atoms. The van der Waals surface area contributed by atoms with Gasteiger partial charge in [-0.25, -0.2) is 0 Å². The zero-order chi connectivity index (χ0) is 24.7. The summed E-state index contributed by atoms with van der Waals surface area (Å²) >= 11 is 0. The Morgan fingerprint density at radius 1 is 0.656 bits per heavy atom. The highest BCUT2D eigenvalue weighted by molar-refractivity contribution is 5.93. The van der Waals surface area contributed by atoms with Gasteiger partial charge in [-0.15, -0.1) is 0 Å². The van der Waals surface area contributed by atoms with E-state index in [2.05, 4.69) is 39.0 Å². The maximum atomic E-state index is 12.4. The Morgan fingerprint density at radius 3 is 1.34 bits per heavy atom. The molecule has 0 heterocycles. The first-order valence-electron chi connectivity index (χ1n) is 11.8. The Labute approximate surface area is 195 Å². The molecule has 0 saturated heterocycles. The van der Waals surface area contributed by atoms with E-state index in [9.17, 15) is 19.8 Å². The predicted molar refractivity (Wildman–Crippen MR) is 133 cm³/mol. The van der Waals surface area contributed by atoms with E-state index in [1.807, 2.05) is 6.08 Å². The minimum Gasteiger partial charge on any atom is -0.374 e. The summed E-state index contributed by atoms with van der Waals surface area (Å²) in [5.41, 5.74) is 4.56. The van der Waals surface area contributed by atoms with E-state index in [1.54, 1.807) is 13.8 Å². The monoisotopic (exact) mass is 447 g/mol. The van der Waals surface area contributed by atoms with Gasteiger partial charge in [-0.3, -0.25) is 9.69 Å². The van der Waals surface area contributed by atoms with Gasteiger partial charge in [0.1, 0.15) is 18.2 Å². The Kier molecular flexibility index (Phi) is 15.6. The molecule has 0 saturated carbocycles. The van der Waals surface area contributed by atoms with Crippen molar-refractivity contribution in [1.82, 2.24) is 4.90 Å². The topological polar surface area (TPSA) is 77.8 Å². The molecular formula is C27H45NO4. The van der Waals surface area contributed by atoms with Gasteiger partial charge in [-0.2, -0.15) is 0 Å². The van der Waals surface area contributed by atoms with E-state index in [0.29, 0.717) is 12.0 Å². The predicted octanol–water partition coefficient (Wildman–Crippen LogP) is 5.99. The third-order valence-corrected chi connectivity index (χ3v) is 5.42. The largest absolute Gasteiger partial charge is 0.374 e. The summed E-state index contributed by atoms with van der Waals surface area (Å²) in [7, 11) is 0. The summed E-state index contributed by atoms with van der Waals surface area (Å²) in [5.74, 6) is -0.103. The second-order valence-electron chi connectivity index (χ2n) is 8.87. The molecule has 0 fully saturated rings. The van der Waals surface area contributed by atoms with Crippen LogP contribution in [0.25, 0.3) is 0 Å². The molecule has 0 aliphatic heterocycles. The maximum absolute atomic E-state index is 12.4. The Morgan fingerprint density at radius 2 is 1.00 bits per heavy atom. The van der Waals surface area contributed by atoms with Gasteiger partial charge in [0.15, 0.2) is 0 Å². The van der Waals surface area contributed by atoms with Gasteiger partial charge >= 0.3 is 0 Å². The molecule has 0 spiro atoms. The van der Waals surface area contributed by atoms with Crippen LogP contribution in [0.1, 0.15) is 99.8 Å². The lowest BCUT2D eigenvalue weighted by molar-refractivity contribution is -0.151. The summed E-state index contributed by atoms with van der Waals surface area (Å²) in [6, 6.07) is 0. The van der Waals surface area contributed by atoms with Crippen LogP contribution in [0, 0.1) is 0 Å². The molecule has 0 aromatic heterocycles. The minimum atomic E-state index is -1.03. The molecule has 0 radical (unpaired) electrons. The fourth-order valence-electron chi connectivity index (χ4n) is 3.38. The van der Waals surface area contributed by atoms with Crippen molar-refractivity contribution in [3.8, 4) is 0 Å². The molecule has 182 valence electrons. The van der Waals surface area contributed by atoms with Crippen LogP contribution in [0.5, 0.6) is 0 Å². The van der Waals surface area contributed by atoms with Crippen molar-refractivity contribution in [2.75, 3.05) is 0 Å². The molecule has 2 N–H and O–H groups in total. The molecule has 0 aromatic rings. The number of amides is 1. The molecule has 32 heavy (non-hydrogen) atoms. The SMILES string of the molecule is CC(=O)CCC=C(C)CCC=C(C)CCC=C(C)CCC=C(C)C(=O)N(C(C)O)C(C)O. The Hall–Kier alpha value is -1.98. The van der Waals surface area contributed by atoms with Gasteiger partial charge in [-0.1, -0.05) is 41.0 Å². The second kappa shape index (κ2) is 16.6. The first-order valence-corrected chi connectivity index (χ1v) is 11.8. The molecule has 2 atom stereocenters. The van der Waals surface area contributed by atoms with E-state index in [4.69, 9.17) is 0 Å². The lowest BCUT2D eigenvalue weighted by Gasteiger charge is -2.28. The molecule has 2 unspecified atom stereocenters. The van der Waals surface area contributed by atoms with Crippen LogP contribution in [0.15, 0.2) is 46.6 Å². The first-order chi connectivity index (χ1) is 15.0. The van der Waals surface area contributed by atoms with E-state index in [-0.39, 0.29) is 11.7 Å². The summed E-state index contributed by atoms with van der Waals surface area (Å²) in [6.45, 7) is 12.7. The van der Waals surface area contributed by atoms with E-state index in [0.717, 1.165) is 49.8 Å². The van der Waals surface area contributed by atoms with Crippen molar-refractivity contribution >= 4 is 11.7 Å². The highest BCUT2D eigenvalue weighted by atomic mass is 16.3. The van der Waals surface area contributed by atoms with E-state index < -0.39 is 12.5 Å². The van der Waals surface area contributed by atoms with Crippen LogP contribution in [-0.4, -0.2) is 39.3 Å². The fourth-order valence-corrected chi connectivity index (χ4v) is 3.38. The zero-order valence-corrected chi connectivity index (χ0v) is 21.3. The van der Waals surface area contributed by atoms with E-state index >= 15 is 0 Å². The van der Waals surface area contributed by atoms with Crippen molar-refractivity contribution in [2.45, 2.75) is 112 Å². The molecule has 1 amide bonds. The first kappa shape index (κ1) is 30.0. The number of Topliss-reactive ketones (excluding diaryl/α,β-unsaturated/α-hetero) is 1. The average molecular weight is 448 g/mol. The quantitative estimate of drug-likeness (QED) is 0.184. The molecule has 0 aliphatic carbocycles.